The van der Waals surface area contributed by atoms with Gasteiger partial charge >= 0.3 is 0 Å². The van der Waals surface area contributed by atoms with E-state index in [2.05, 4.69) is 29.0 Å². The van der Waals surface area contributed by atoms with Crippen molar-refractivity contribution in [2.24, 2.45) is 4.99 Å². The lowest BCUT2D eigenvalue weighted by Crippen LogP contribution is -1.72. The average Bonchev–Trinajstić information content (AvgIpc) is 2.57. The number of nitrogens with one attached hydrogen (secondary N) is 1. The topological polar surface area (TPSA) is 28.1 Å². The minimum absolute atomic E-state index is 0.939. The van der Waals surface area contributed by atoms with Gasteiger partial charge in [0.2, 0.25) is 0 Å². The van der Waals surface area contributed by atoms with Gasteiger partial charge in [0.05, 0.1) is 0 Å². The number of aromatic amines is 1. The highest BCUT2D eigenvalue weighted by atomic mass is 14.9. The molecule has 70 valence electrons. The molecule has 1 N–H and O–H groups in total. The van der Waals surface area contributed by atoms with E-state index in [4.69, 9.17) is 0 Å². The fourth-order valence-electron chi connectivity index (χ4n) is 1.27. The molecule has 0 fully saturated rings. The molecule has 13 heavy (non-hydrogen) atoms. The normalized spacial score (nSPS) is 13.6. The highest BCUT2D eigenvalue weighted by molar-refractivity contribution is 5.79. The van der Waals surface area contributed by atoms with E-state index >= 15 is 0 Å². The molecule has 0 saturated heterocycles. The Bertz CT molecular complexity index is 319. The van der Waals surface area contributed by atoms with Crippen molar-refractivity contribution in [1.29, 1.82) is 0 Å². The van der Waals surface area contributed by atoms with Crippen molar-refractivity contribution in [2.75, 3.05) is 0 Å². The lowest BCUT2D eigenvalue weighted by molar-refractivity contribution is 1.33. The molecule has 0 bridgehead atoms. The summed E-state index contributed by atoms with van der Waals surface area (Å²) in [6.07, 6.45) is 6.97. The third kappa shape index (κ3) is 2.08. The van der Waals surface area contributed by atoms with Crippen LogP contribution in [0.4, 0.5) is 5.82 Å². The zero-order valence-electron chi connectivity index (χ0n) is 8.46. The van der Waals surface area contributed by atoms with Gasteiger partial charge in [0.15, 0.2) is 0 Å². The van der Waals surface area contributed by atoms with E-state index in [0.717, 1.165) is 12.2 Å². The fraction of sp³-hybridized carbons (Fsp3) is 0.364. The number of hydrogen-bond acceptors (Lipinski definition) is 1. The van der Waals surface area contributed by atoms with Gasteiger partial charge in [-0.15, -0.1) is 0 Å². The second-order valence-corrected chi connectivity index (χ2v) is 2.67. The smallest absolute Gasteiger partial charge is 0.137 e. The first-order valence-corrected chi connectivity index (χ1v) is 4.75. The third-order valence-corrected chi connectivity index (χ3v) is 1.90. The first-order valence-electron chi connectivity index (χ1n) is 4.75. The Kier molecular flexibility index (Phi) is 3.50. The van der Waals surface area contributed by atoms with Gasteiger partial charge in [-0.25, -0.2) is 4.99 Å². The molecule has 0 spiro atoms. The molecule has 0 saturated carbocycles. The van der Waals surface area contributed by atoms with E-state index < -0.39 is 0 Å². The molecule has 1 aliphatic rings. The lowest BCUT2D eigenvalue weighted by atomic mass is 10.1. The van der Waals surface area contributed by atoms with Crippen molar-refractivity contribution in [2.45, 2.75) is 27.2 Å². The molecular weight excluding hydrogens is 160 g/mol. The largest absolute Gasteiger partial charge is 0.346 e. The number of rotatable bonds is 0. The number of fused-ring (bicyclic) bond motifs is 1. The van der Waals surface area contributed by atoms with Crippen LogP contribution in [0.1, 0.15) is 32.8 Å². The molecule has 0 aliphatic carbocycles. The summed E-state index contributed by atoms with van der Waals surface area (Å²) in [5.74, 6) is 0.983. The van der Waals surface area contributed by atoms with E-state index in [-0.39, 0.29) is 0 Å². The molecule has 2 heterocycles. The maximum atomic E-state index is 4.26. The Balaban J connectivity index is 0.000000396. The summed E-state index contributed by atoms with van der Waals surface area (Å²) in [7, 11) is 0. The second-order valence-electron chi connectivity index (χ2n) is 2.67. The summed E-state index contributed by atoms with van der Waals surface area (Å²) in [4.78, 5) is 7.35. The van der Waals surface area contributed by atoms with Crippen LogP contribution < -0.4 is 0 Å². The van der Waals surface area contributed by atoms with Crippen LogP contribution in [0, 0.1) is 0 Å². The van der Waals surface area contributed by atoms with Gasteiger partial charge in [-0.2, -0.15) is 0 Å². The Morgan fingerprint density at radius 3 is 2.92 bits per heavy atom. The van der Waals surface area contributed by atoms with Gasteiger partial charge in [-0.3, -0.25) is 0 Å². The Labute approximate surface area is 79.4 Å². The average molecular weight is 176 g/mol. The van der Waals surface area contributed by atoms with Gasteiger partial charge in [0, 0.05) is 24.4 Å². The highest BCUT2D eigenvalue weighted by Crippen LogP contribution is 2.26. The van der Waals surface area contributed by atoms with Crippen molar-refractivity contribution in [3.63, 3.8) is 0 Å². The molecule has 0 atom stereocenters. The Morgan fingerprint density at radius 1 is 1.38 bits per heavy atom. The standard InChI is InChI=1S/C9H10N2.C2H6/c1-7-3-2-5-10-9-8(7)4-6-11-9;1-2/h3-6,11H,2H2,1H3;1-2H3. The summed E-state index contributed by atoms with van der Waals surface area (Å²) in [6.45, 7) is 6.11. The maximum absolute atomic E-state index is 4.26. The summed E-state index contributed by atoms with van der Waals surface area (Å²) < 4.78 is 0. The second kappa shape index (κ2) is 4.65. The van der Waals surface area contributed by atoms with E-state index in [1.807, 2.05) is 26.3 Å². The van der Waals surface area contributed by atoms with Gasteiger partial charge in [-0.1, -0.05) is 19.9 Å². The maximum Gasteiger partial charge on any atom is 0.137 e. The molecule has 1 aromatic rings. The number of hydrogen-bond donors (Lipinski definition) is 1. The summed E-state index contributed by atoms with van der Waals surface area (Å²) in [5.41, 5.74) is 2.53. The van der Waals surface area contributed by atoms with E-state index in [0.29, 0.717) is 0 Å². The van der Waals surface area contributed by atoms with Crippen LogP contribution in [0.25, 0.3) is 5.57 Å². The van der Waals surface area contributed by atoms with E-state index in [1.54, 1.807) is 0 Å². The number of allylic oxidation sites excluding steroid dienone is 2. The highest BCUT2D eigenvalue weighted by Gasteiger charge is 2.04. The number of nitrogens with zero attached hydrogens (tertiary/aromatic N) is 1. The molecule has 0 aromatic carbocycles. The Hall–Kier alpha value is -1.31. The van der Waals surface area contributed by atoms with Crippen LogP contribution in [-0.2, 0) is 0 Å². The summed E-state index contributed by atoms with van der Waals surface area (Å²) in [5, 5.41) is 0. The molecule has 2 nitrogen and oxygen atoms in total. The third-order valence-electron chi connectivity index (χ3n) is 1.90. The van der Waals surface area contributed by atoms with E-state index in [9.17, 15) is 0 Å². The molecular formula is C11H16N2. The molecule has 1 aromatic heterocycles. The van der Waals surface area contributed by atoms with Crippen molar-refractivity contribution < 1.29 is 0 Å². The van der Waals surface area contributed by atoms with Crippen molar-refractivity contribution in [1.82, 2.24) is 4.98 Å². The van der Waals surface area contributed by atoms with Gasteiger partial charge in [0.25, 0.3) is 0 Å². The molecule has 2 heteroatoms. The van der Waals surface area contributed by atoms with Crippen LogP contribution in [0.5, 0.6) is 0 Å². The predicted octanol–water partition coefficient (Wildman–Crippen LogP) is 3.55. The van der Waals surface area contributed by atoms with Crippen molar-refractivity contribution in [3.05, 3.63) is 23.9 Å². The predicted molar refractivity (Wildman–Crippen MR) is 58.6 cm³/mol. The fourth-order valence-corrected chi connectivity index (χ4v) is 1.27. The zero-order valence-corrected chi connectivity index (χ0v) is 8.46. The van der Waals surface area contributed by atoms with Gasteiger partial charge in [-0.05, 0) is 18.6 Å². The van der Waals surface area contributed by atoms with Gasteiger partial charge < -0.3 is 4.98 Å². The van der Waals surface area contributed by atoms with Crippen LogP contribution in [0.15, 0.2) is 23.3 Å². The summed E-state index contributed by atoms with van der Waals surface area (Å²) >= 11 is 0. The molecule has 2 rings (SSSR count). The minimum atomic E-state index is 0.939. The van der Waals surface area contributed by atoms with Gasteiger partial charge in [0.1, 0.15) is 5.82 Å². The Morgan fingerprint density at radius 2 is 2.15 bits per heavy atom. The lowest BCUT2D eigenvalue weighted by Gasteiger charge is -1.94. The molecule has 1 aliphatic heterocycles. The minimum Gasteiger partial charge on any atom is -0.346 e. The molecule has 0 unspecified atom stereocenters. The quantitative estimate of drug-likeness (QED) is 0.626. The van der Waals surface area contributed by atoms with Crippen LogP contribution in [0.2, 0.25) is 0 Å². The monoisotopic (exact) mass is 176 g/mol. The van der Waals surface area contributed by atoms with E-state index in [1.165, 1.54) is 11.1 Å². The van der Waals surface area contributed by atoms with Crippen LogP contribution in [0.3, 0.4) is 0 Å². The number of aliphatic imine (C=N–C) groups is 1. The molecule has 0 radical (unpaired) electrons. The van der Waals surface area contributed by atoms with Crippen LogP contribution in [-0.4, -0.2) is 11.2 Å². The van der Waals surface area contributed by atoms with Crippen molar-refractivity contribution in [3.8, 4) is 0 Å². The first-order chi connectivity index (χ1) is 6.38. The number of aromatic nitrogens is 1. The van der Waals surface area contributed by atoms with Crippen molar-refractivity contribution >= 4 is 17.6 Å². The SMILES string of the molecule is CC.CC1=CCC=Nc2[nH]ccc21. The first kappa shape index (κ1) is 9.78. The summed E-state index contributed by atoms with van der Waals surface area (Å²) in [6, 6.07) is 2.06. The number of H-pyrrole nitrogens is 1. The van der Waals surface area contributed by atoms with Crippen LogP contribution >= 0.6 is 0 Å². The zero-order chi connectivity index (χ0) is 9.68. The molecule has 0 amide bonds.